The zero-order chi connectivity index (χ0) is 43.5. The van der Waals surface area contributed by atoms with E-state index < -0.39 is 0 Å². The molecule has 2 aromatic heterocycles. The lowest BCUT2D eigenvalue weighted by Gasteiger charge is -2.30. The fourth-order valence-electron chi connectivity index (χ4n) is 7.57. The van der Waals surface area contributed by atoms with Crippen LogP contribution in [0.5, 0.6) is 17.2 Å². The summed E-state index contributed by atoms with van der Waals surface area (Å²) in [6.45, 7) is 28.9. The van der Waals surface area contributed by atoms with Gasteiger partial charge in [0.1, 0.15) is 17.2 Å². The van der Waals surface area contributed by atoms with Gasteiger partial charge in [-0.1, -0.05) is 119 Å². The maximum atomic E-state index is 12.3. The first kappa shape index (κ1) is 45.3. The lowest BCUT2D eigenvalue weighted by Crippen LogP contribution is -2.26. The molecule has 0 radical (unpaired) electrons. The Morgan fingerprint density at radius 1 is 0.458 bits per heavy atom. The van der Waals surface area contributed by atoms with Crippen molar-refractivity contribution in [3.8, 4) is 17.2 Å². The highest BCUT2D eigenvalue weighted by Crippen LogP contribution is 2.41. The number of aromatic nitrogens is 2. The first-order chi connectivity index (χ1) is 27.4. The topological polar surface area (TPSA) is 119 Å². The molecule has 5 N–H and O–H groups in total. The second-order valence-corrected chi connectivity index (χ2v) is 20.5. The Morgan fingerprint density at radius 2 is 0.814 bits per heavy atom. The summed E-state index contributed by atoms with van der Waals surface area (Å²) in [5, 5.41) is 35.9. The van der Waals surface area contributed by atoms with Gasteiger partial charge in [0.15, 0.2) is 0 Å². The van der Waals surface area contributed by atoms with Crippen molar-refractivity contribution < 1.29 is 15.3 Å². The highest BCUT2D eigenvalue weighted by molar-refractivity contribution is 5.50. The third kappa shape index (κ3) is 11.7. The van der Waals surface area contributed by atoms with E-state index in [-0.39, 0.29) is 27.4 Å². The molecule has 59 heavy (non-hydrogen) atoms. The van der Waals surface area contributed by atoms with E-state index in [1.807, 2.05) is 48.5 Å². The van der Waals surface area contributed by atoms with Crippen LogP contribution in [-0.2, 0) is 67.5 Å². The SMILES string of the molecule is CC(C)(C)c1cc(CN(Cc2ccccn2)Cc2cc(CN)cc(CN(Cc3ccccn3)Cc3cc(C(C)(C)C)cc(C(C)(C)C)c3O)c2O)c(O)c(C(C)(C)C)c1. The second kappa shape index (κ2) is 17.8. The predicted molar refractivity (Wildman–Crippen MR) is 241 cm³/mol. The summed E-state index contributed by atoms with van der Waals surface area (Å²) in [4.78, 5) is 13.8. The summed E-state index contributed by atoms with van der Waals surface area (Å²) in [5.41, 5.74) is 15.5. The third-order valence-electron chi connectivity index (χ3n) is 11.1. The van der Waals surface area contributed by atoms with E-state index in [0.29, 0.717) is 57.3 Å². The quantitative estimate of drug-likeness (QED) is 0.0930. The summed E-state index contributed by atoms with van der Waals surface area (Å²) < 4.78 is 0. The molecule has 8 nitrogen and oxygen atoms in total. The molecule has 0 unspecified atom stereocenters. The fourth-order valence-corrected chi connectivity index (χ4v) is 7.57. The van der Waals surface area contributed by atoms with Crippen molar-refractivity contribution in [2.24, 2.45) is 5.73 Å². The van der Waals surface area contributed by atoms with Crippen LogP contribution in [0.25, 0.3) is 0 Å². The summed E-state index contributed by atoms with van der Waals surface area (Å²) in [7, 11) is 0. The average molecular weight is 800 g/mol. The second-order valence-electron chi connectivity index (χ2n) is 20.5. The molecule has 0 amide bonds. The van der Waals surface area contributed by atoms with E-state index in [2.05, 4.69) is 127 Å². The number of pyridine rings is 2. The summed E-state index contributed by atoms with van der Waals surface area (Å²) in [6.07, 6.45) is 3.59. The number of benzene rings is 3. The number of phenols is 3. The molecule has 0 spiro atoms. The number of rotatable bonds is 13. The normalized spacial score (nSPS) is 12.8. The van der Waals surface area contributed by atoms with Crippen LogP contribution in [0, 0.1) is 0 Å². The number of hydrogen-bond donors (Lipinski definition) is 4. The van der Waals surface area contributed by atoms with Gasteiger partial charge in [0.2, 0.25) is 0 Å². The highest BCUT2D eigenvalue weighted by Gasteiger charge is 2.28. The molecule has 0 saturated carbocycles. The maximum Gasteiger partial charge on any atom is 0.124 e. The van der Waals surface area contributed by atoms with Crippen LogP contribution >= 0.6 is 0 Å². The molecule has 3 aromatic carbocycles. The van der Waals surface area contributed by atoms with Gasteiger partial charge in [0.05, 0.1) is 11.4 Å². The van der Waals surface area contributed by atoms with Crippen LogP contribution in [-0.4, -0.2) is 35.1 Å². The molecular weight excluding hydrogens is 731 g/mol. The number of nitrogens with zero attached hydrogens (tertiary/aromatic N) is 4. The minimum atomic E-state index is -0.269. The van der Waals surface area contributed by atoms with E-state index >= 15 is 0 Å². The predicted octanol–water partition coefficient (Wildman–Crippen LogP) is 10.6. The average Bonchev–Trinajstić information content (AvgIpc) is 3.13. The van der Waals surface area contributed by atoms with Crippen LogP contribution in [0.2, 0.25) is 0 Å². The Kier molecular flexibility index (Phi) is 13.7. The van der Waals surface area contributed by atoms with Crippen molar-refractivity contribution in [2.45, 2.75) is 151 Å². The molecule has 8 heteroatoms. The molecule has 0 saturated heterocycles. The number of nitrogens with two attached hydrogens (primary N) is 1. The van der Waals surface area contributed by atoms with Gasteiger partial charge in [0.25, 0.3) is 0 Å². The first-order valence-electron chi connectivity index (χ1n) is 21.0. The van der Waals surface area contributed by atoms with Crippen molar-refractivity contribution in [1.29, 1.82) is 0 Å². The van der Waals surface area contributed by atoms with Gasteiger partial charge in [0, 0.05) is 80.5 Å². The van der Waals surface area contributed by atoms with Gasteiger partial charge >= 0.3 is 0 Å². The molecule has 0 bridgehead atoms. The van der Waals surface area contributed by atoms with Crippen molar-refractivity contribution >= 4 is 0 Å². The summed E-state index contributed by atoms with van der Waals surface area (Å²) in [5.74, 6) is 0.803. The van der Waals surface area contributed by atoms with Crippen molar-refractivity contribution in [3.63, 3.8) is 0 Å². The van der Waals surface area contributed by atoms with E-state index in [0.717, 1.165) is 61.5 Å². The van der Waals surface area contributed by atoms with Gasteiger partial charge in [-0.2, -0.15) is 0 Å². The van der Waals surface area contributed by atoms with Gasteiger partial charge in [-0.15, -0.1) is 0 Å². The zero-order valence-corrected chi connectivity index (χ0v) is 37.7. The zero-order valence-electron chi connectivity index (χ0n) is 37.7. The molecule has 0 fully saturated rings. The van der Waals surface area contributed by atoms with Gasteiger partial charge in [-0.3, -0.25) is 19.8 Å². The van der Waals surface area contributed by atoms with E-state index in [9.17, 15) is 15.3 Å². The van der Waals surface area contributed by atoms with E-state index in [1.165, 1.54) is 0 Å². The molecule has 0 aliphatic rings. The lowest BCUT2D eigenvalue weighted by atomic mass is 9.79. The van der Waals surface area contributed by atoms with Crippen LogP contribution in [0.3, 0.4) is 0 Å². The Bertz CT molecular complexity index is 2040. The molecule has 0 aliphatic carbocycles. The van der Waals surface area contributed by atoms with Crippen LogP contribution in [0.4, 0.5) is 0 Å². The molecule has 5 rings (SSSR count). The molecule has 0 atom stereocenters. The minimum Gasteiger partial charge on any atom is -0.507 e. The van der Waals surface area contributed by atoms with Gasteiger partial charge in [-0.05, 0) is 85.9 Å². The largest absolute Gasteiger partial charge is 0.507 e. The van der Waals surface area contributed by atoms with Crippen molar-refractivity contribution in [3.05, 3.63) is 147 Å². The van der Waals surface area contributed by atoms with Crippen LogP contribution in [0.15, 0.2) is 85.2 Å². The minimum absolute atomic E-state index is 0.128. The van der Waals surface area contributed by atoms with Crippen LogP contribution in [0.1, 0.15) is 145 Å². The summed E-state index contributed by atoms with van der Waals surface area (Å²) >= 11 is 0. The first-order valence-corrected chi connectivity index (χ1v) is 21.0. The Balaban J connectivity index is 1.58. The van der Waals surface area contributed by atoms with Crippen molar-refractivity contribution in [1.82, 2.24) is 19.8 Å². The van der Waals surface area contributed by atoms with Crippen molar-refractivity contribution in [2.75, 3.05) is 0 Å². The Hall–Kier alpha value is -4.76. The standard InChI is InChI=1S/C51H69N5O3/c1-48(2,3)39-23-37(46(58)43(25-39)50(7,8)9)30-55(32-41-17-13-15-19-53-41)28-35-21-34(27-52)22-36(45(35)57)29-56(33-42-18-14-16-20-54-42)31-38-24-40(49(4,5)6)26-44(47(38)59)51(10,11)12/h13-26,57-59H,27-33,52H2,1-12H3. The molecule has 316 valence electrons. The molecular formula is C51H69N5O3. The van der Waals surface area contributed by atoms with E-state index in [1.54, 1.807) is 12.4 Å². The summed E-state index contributed by atoms with van der Waals surface area (Å²) in [6, 6.07) is 24.3. The Morgan fingerprint density at radius 3 is 1.10 bits per heavy atom. The highest BCUT2D eigenvalue weighted by atomic mass is 16.3. The Labute approximate surface area is 354 Å². The maximum absolute atomic E-state index is 12.3. The van der Waals surface area contributed by atoms with Gasteiger partial charge in [-0.25, -0.2) is 0 Å². The molecule has 5 aromatic rings. The number of phenolic OH excluding ortho intramolecular Hbond substituents is 3. The van der Waals surface area contributed by atoms with E-state index in [4.69, 9.17) is 5.73 Å². The molecule has 2 heterocycles. The smallest absolute Gasteiger partial charge is 0.124 e. The fraction of sp³-hybridized carbons (Fsp3) is 0.451. The molecule has 0 aliphatic heterocycles. The number of aromatic hydroxyl groups is 3. The lowest BCUT2D eigenvalue weighted by molar-refractivity contribution is 0.230. The van der Waals surface area contributed by atoms with Gasteiger partial charge < -0.3 is 21.1 Å². The third-order valence-corrected chi connectivity index (χ3v) is 11.1. The monoisotopic (exact) mass is 800 g/mol. The number of hydrogen-bond acceptors (Lipinski definition) is 8. The van der Waals surface area contributed by atoms with Crippen LogP contribution < -0.4 is 5.73 Å².